The van der Waals surface area contributed by atoms with Crippen LogP contribution in [0.1, 0.15) is 19.9 Å². The number of nitrogens with one attached hydrogen (secondary N) is 1. The number of hydrogen-bond acceptors (Lipinski definition) is 5. The van der Waals surface area contributed by atoms with Crippen molar-refractivity contribution in [3.63, 3.8) is 0 Å². The molecule has 3 aromatic rings. The van der Waals surface area contributed by atoms with Crippen LogP contribution in [0.4, 0.5) is 0 Å². The molecule has 8 nitrogen and oxygen atoms in total. The Balaban J connectivity index is 1.62. The summed E-state index contributed by atoms with van der Waals surface area (Å²) in [4.78, 5) is 17.7. The highest BCUT2D eigenvalue weighted by atomic mass is 16.2. The Bertz CT molecular complexity index is 782. The van der Waals surface area contributed by atoms with Gasteiger partial charge < -0.3 is 9.88 Å². The van der Waals surface area contributed by atoms with Gasteiger partial charge in [0.1, 0.15) is 6.04 Å². The van der Waals surface area contributed by atoms with Crippen molar-refractivity contribution in [2.45, 2.75) is 32.5 Å². The van der Waals surface area contributed by atoms with E-state index in [1.54, 1.807) is 19.4 Å². The van der Waals surface area contributed by atoms with Crippen LogP contribution in [0, 0.1) is 0 Å². The highest BCUT2D eigenvalue weighted by molar-refractivity contribution is 5.79. The number of rotatable bonds is 6. The predicted octanol–water partition coefficient (Wildman–Crippen LogP) is 1.30. The number of hydrogen-bond donors (Lipinski definition) is 1. The Labute approximate surface area is 139 Å². The molecule has 0 aliphatic carbocycles. The Morgan fingerprint density at radius 3 is 2.75 bits per heavy atom. The van der Waals surface area contributed by atoms with Gasteiger partial charge in [-0.05, 0) is 19.1 Å². The highest BCUT2D eigenvalue weighted by Crippen LogP contribution is 2.13. The van der Waals surface area contributed by atoms with Crippen LogP contribution in [0.3, 0.4) is 0 Å². The standard InChI is InChI=1S/C16H19N7O/c1-12(10-22-9-8-17-11-22)18-16(24)13(2)23-20-15(19-21-23)14-6-4-3-5-7-14/h3-9,11-13H,10H2,1-2H3,(H,18,24). The lowest BCUT2D eigenvalue weighted by Gasteiger charge is -2.17. The van der Waals surface area contributed by atoms with E-state index < -0.39 is 6.04 Å². The van der Waals surface area contributed by atoms with Gasteiger partial charge in [-0.2, -0.15) is 4.80 Å². The molecule has 0 saturated carbocycles. The van der Waals surface area contributed by atoms with Crippen LogP contribution in [0.15, 0.2) is 49.1 Å². The van der Waals surface area contributed by atoms with Crippen molar-refractivity contribution in [1.29, 1.82) is 0 Å². The SMILES string of the molecule is CC(Cn1ccnc1)NC(=O)C(C)n1nnc(-c2ccccc2)n1. The Kier molecular flexibility index (Phi) is 4.64. The number of imidazole rings is 1. The first-order valence-corrected chi connectivity index (χ1v) is 7.74. The summed E-state index contributed by atoms with van der Waals surface area (Å²) in [5.41, 5.74) is 0.866. The maximum Gasteiger partial charge on any atom is 0.246 e. The molecule has 124 valence electrons. The smallest absolute Gasteiger partial charge is 0.246 e. The molecule has 0 aliphatic heterocycles. The number of tetrazole rings is 1. The molecule has 2 aromatic heterocycles. The molecule has 0 radical (unpaired) electrons. The third-order valence-corrected chi connectivity index (χ3v) is 3.62. The molecule has 24 heavy (non-hydrogen) atoms. The fourth-order valence-electron chi connectivity index (χ4n) is 2.32. The van der Waals surface area contributed by atoms with E-state index in [0.29, 0.717) is 12.4 Å². The maximum absolute atomic E-state index is 12.4. The Morgan fingerprint density at radius 2 is 2.04 bits per heavy atom. The van der Waals surface area contributed by atoms with E-state index in [-0.39, 0.29) is 11.9 Å². The lowest BCUT2D eigenvalue weighted by atomic mass is 10.2. The first-order chi connectivity index (χ1) is 11.6. The third kappa shape index (κ3) is 3.65. The predicted molar refractivity (Wildman–Crippen MR) is 87.8 cm³/mol. The molecule has 1 amide bonds. The monoisotopic (exact) mass is 325 g/mol. The van der Waals surface area contributed by atoms with Crippen molar-refractivity contribution in [2.75, 3.05) is 0 Å². The molecule has 0 bridgehead atoms. The second-order valence-electron chi connectivity index (χ2n) is 5.64. The van der Waals surface area contributed by atoms with E-state index >= 15 is 0 Å². The molecular formula is C16H19N7O. The van der Waals surface area contributed by atoms with Crippen molar-refractivity contribution in [3.05, 3.63) is 49.1 Å². The molecule has 8 heteroatoms. The Hall–Kier alpha value is -3.03. The minimum Gasteiger partial charge on any atom is -0.350 e. The first kappa shape index (κ1) is 15.9. The topological polar surface area (TPSA) is 90.5 Å². The number of aromatic nitrogens is 6. The van der Waals surface area contributed by atoms with Crippen molar-refractivity contribution >= 4 is 5.91 Å². The van der Waals surface area contributed by atoms with E-state index in [0.717, 1.165) is 5.56 Å². The van der Waals surface area contributed by atoms with E-state index in [4.69, 9.17) is 0 Å². The second kappa shape index (κ2) is 7.03. The molecule has 0 fully saturated rings. The van der Waals surface area contributed by atoms with Gasteiger partial charge >= 0.3 is 0 Å². The van der Waals surface area contributed by atoms with Crippen LogP contribution >= 0.6 is 0 Å². The largest absolute Gasteiger partial charge is 0.350 e. The lowest BCUT2D eigenvalue weighted by molar-refractivity contribution is -0.125. The summed E-state index contributed by atoms with van der Waals surface area (Å²) in [5.74, 6) is 0.348. The second-order valence-corrected chi connectivity index (χ2v) is 5.64. The number of nitrogens with zero attached hydrogens (tertiary/aromatic N) is 6. The van der Waals surface area contributed by atoms with Crippen LogP contribution in [0.25, 0.3) is 11.4 Å². The third-order valence-electron chi connectivity index (χ3n) is 3.62. The van der Waals surface area contributed by atoms with Crippen LogP contribution < -0.4 is 5.32 Å². The zero-order valence-corrected chi connectivity index (χ0v) is 13.6. The number of carbonyl (C=O) groups excluding carboxylic acids is 1. The summed E-state index contributed by atoms with van der Waals surface area (Å²) in [6.07, 6.45) is 5.29. The summed E-state index contributed by atoms with van der Waals surface area (Å²) >= 11 is 0. The zero-order chi connectivity index (χ0) is 16.9. The van der Waals surface area contributed by atoms with E-state index in [1.165, 1.54) is 4.80 Å². The van der Waals surface area contributed by atoms with Gasteiger partial charge in [-0.3, -0.25) is 4.79 Å². The number of benzene rings is 1. The number of amides is 1. The first-order valence-electron chi connectivity index (χ1n) is 7.74. The number of carbonyl (C=O) groups is 1. The van der Waals surface area contributed by atoms with Crippen molar-refractivity contribution in [2.24, 2.45) is 0 Å². The highest BCUT2D eigenvalue weighted by Gasteiger charge is 2.20. The van der Waals surface area contributed by atoms with Gasteiger partial charge in [0.25, 0.3) is 0 Å². The van der Waals surface area contributed by atoms with Crippen molar-refractivity contribution < 1.29 is 4.79 Å². The van der Waals surface area contributed by atoms with E-state index in [9.17, 15) is 4.79 Å². The molecule has 2 atom stereocenters. The molecule has 3 rings (SSSR count). The van der Waals surface area contributed by atoms with Crippen LogP contribution in [0.5, 0.6) is 0 Å². The molecular weight excluding hydrogens is 306 g/mol. The minimum atomic E-state index is -0.541. The van der Waals surface area contributed by atoms with E-state index in [2.05, 4.69) is 25.7 Å². The molecule has 1 N–H and O–H groups in total. The van der Waals surface area contributed by atoms with E-state index in [1.807, 2.05) is 48.0 Å². The van der Waals surface area contributed by atoms with Gasteiger partial charge in [0.05, 0.1) is 6.33 Å². The molecule has 2 unspecified atom stereocenters. The fourth-order valence-corrected chi connectivity index (χ4v) is 2.32. The van der Waals surface area contributed by atoms with Crippen LogP contribution in [-0.4, -0.2) is 41.7 Å². The maximum atomic E-state index is 12.4. The molecule has 1 aromatic carbocycles. The normalized spacial score (nSPS) is 13.4. The summed E-state index contributed by atoms with van der Waals surface area (Å²) in [6, 6.07) is 8.96. The minimum absolute atomic E-state index is 0.0359. The average Bonchev–Trinajstić information content (AvgIpc) is 3.26. The van der Waals surface area contributed by atoms with Gasteiger partial charge in [-0.1, -0.05) is 30.3 Å². The van der Waals surface area contributed by atoms with Gasteiger partial charge in [0.2, 0.25) is 11.7 Å². The lowest BCUT2D eigenvalue weighted by Crippen LogP contribution is -2.39. The fraction of sp³-hybridized carbons (Fsp3) is 0.312. The van der Waals surface area contributed by atoms with Gasteiger partial charge in [0, 0.05) is 30.5 Å². The van der Waals surface area contributed by atoms with Gasteiger partial charge in [-0.15, -0.1) is 10.2 Å². The average molecular weight is 325 g/mol. The van der Waals surface area contributed by atoms with Crippen LogP contribution in [0.2, 0.25) is 0 Å². The molecule has 0 saturated heterocycles. The zero-order valence-electron chi connectivity index (χ0n) is 13.6. The summed E-state index contributed by atoms with van der Waals surface area (Å²) in [5, 5.41) is 15.3. The van der Waals surface area contributed by atoms with Gasteiger partial charge in [0.15, 0.2) is 0 Å². The quantitative estimate of drug-likeness (QED) is 0.738. The Morgan fingerprint density at radius 1 is 1.25 bits per heavy atom. The van der Waals surface area contributed by atoms with Gasteiger partial charge in [-0.25, -0.2) is 4.98 Å². The molecule has 0 aliphatic rings. The van der Waals surface area contributed by atoms with Crippen molar-refractivity contribution in [1.82, 2.24) is 35.1 Å². The molecule has 0 spiro atoms. The van der Waals surface area contributed by atoms with Crippen molar-refractivity contribution in [3.8, 4) is 11.4 Å². The summed E-state index contributed by atoms with van der Waals surface area (Å²) in [7, 11) is 0. The molecule has 2 heterocycles. The summed E-state index contributed by atoms with van der Waals surface area (Å²) in [6.45, 7) is 4.34. The van der Waals surface area contributed by atoms with Crippen LogP contribution in [-0.2, 0) is 11.3 Å². The summed E-state index contributed by atoms with van der Waals surface area (Å²) < 4.78 is 1.91.